The van der Waals surface area contributed by atoms with Crippen LogP contribution in [0.15, 0.2) is 42.5 Å². The highest BCUT2D eigenvalue weighted by molar-refractivity contribution is 6.02. The molecule has 2 aromatic rings. The van der Waals surface area contributed by atoms with Crippen molar-refractivity contribution in [2.24, 2.45) is 0 Å². The van der Waals surface area contributed by atoms with E-state index >= 15 is 0 Å². The summed E-state index contributed by atoms with van der Waals surface area (Å²) in [6.45, 7) is 5.38. The van der Waals surface area contributed by atoms with Gasteiger partial charge in [0, 0.05) is 11.8 Å². The van der Waals surface area contributed by atoms with Gasteiger partial charge in [-0.1, -0.05) is 18.2 Å². The van der Waals surface area contributed by atoms with Gasteiger partial charge in [0.05, 0.1) is 12.0 Å². The Morgan fingerprint density at radius 2 is 1.75 bits per heavy atom. The summed E-state index contributed by atoms with van der Waals surface area (Å²) in [7, 11) is 0. The molecule has 0 aliphatic rings. The lowest BCUT2D eigenvalue weighted by atomic mass is 10.0. The number of ether oxygens (including phenoxy) is 1. The standard InChI is InChI=1S/C18H20N2O4/c1-11(2)24-16-6-4-5-15(20-16)17(21)19-14-9-7-13(8-10-14)12(3)18(22)23/h4-12H,1-3H3,(H,19,21)(H,22,23). The van der Waals surface area contributed by atoms with Crippen molar-refractivity contribution in [1.82, 2.24) is 4.98 Å². The van der Waals surface area contributed by atoms with Crippen molar-refractivity contribution in [1.29, 1.82) is 0 Å². The average Bonchev–Trinajstić information content (AvgIpc) is 2.54. The molecule has 0 spiro atoms. The van der Waals surface area contributed by atoms with E-state index < -0.39 is 11.9 Å². The first-order valence-electron chi connectivity index (χ1n) is 7.64. The summed E-state index contributed by atoms with van der Waals surface area (Å²) in [4.78, 5) is 27.4. The molecule has 0 saturated carbocycles. The summed E-state index contributed by atoms with van der Waals surface area (Å²) >= 11 is 0. The molecule has 0 aliphatic carbocycles. The van der Waals surface area contributed by atoms with E-state index in [2.05, 4.69) is 10.3 Å². The molecule has 2 rings (SSSR count). The highest BCUT2D eigenvalue weighted by atomic mass is 16.5. The molecular weight excluding hydrogens is 308 g/mol. The monoisotopic (exact) mass is 328 g/mol. The van der Waals surface area contributed by atoms with Crippen molar-refractivity contribution in [2.45, 2.75) is 32.8 Å². The zero-order valence-electron chi connectivity index (χ0n) is 13.8. The SMILES string of the molecule is CC(C)Oc1cccc(C(=O)Nc2ccc(C(C)C(=O)O)cc2)n1. The first-order chi connectivity index (χ1) is 11.4. The fourth-order valence-corrected chi connectivity index (χ4v) is 2.04. The quantitative estimate of drug-likeness (QED) is 0.849. The topological polar surface area (TPSA) is 88.5 Å². The Morgan fingerprint density at radius 1 is 1.08 bits per heavy atom. The fourth-order valence-electron chi connectivity index (χ4n) is 2.04. The molecule has 6 heteroatoms. The molecule has 1 amide bonds. The van der Waals surface area contributed by atoms with Gasteiger partial charge < -0.3 is 15.2 Å². The largest absolute Gasteiger partial charge is 0.481 e. The Kier molecular flexibility index (Phi) is 5.52. The normalized spacial score (nSPS) is 11.8. The summed E-state index contributed by atoms with van der Waals surface area (Å²) < 4.78 is 5.47. The van der Waals surface area contributed by atoms with Gasteiger partial charge in [0.15, 0.2) is 0 Å². The van der Waals surface area contributed by atoms with Crippen LogP contribution >= 0.6 is 0 Å². The third-order valence-corrected chi connectivity index (χ3v) is 3.35. The summed E-state index contributed by atoms with van der Waals surface area (Å²) in [5, 5.41) is 11.7. The molecule has 1 heterocycles. The molecule has 24 heavy (non-hydrogen) atoms. The maximum atomic E-state index is 12.3. The van der Waals surface area contributed by atoms with Gasteiger partial charge in [-0.3, -0.25) is 9.59 Å². The van der Waals surface area contributed by atoms with Crippen molar-refractivity contribution in [3.8, 4) is 5.88 Å². The Bertz CT molecular complexity index is 726. The number of pyridine rings is 1. The van der Waals surface area contributed by atoms with Crippen molar-refractivity contribution < 1.29 is 19.4 Å². The summed E-state index contributed by atoms with van der Waals surface area (Å²) in [6.07, 6.45) is -0.0282. The number of hydrogen-bond acceptors (Lipinski definition) is 4. The maximum Gasteiger partial charge on any atom is 0.310 e. The molecule has 0 fully saturated rings. The Morgan fingerprint density at radius 3 is 2.33 bits per heavy atom. The van der Waals surface area contributed by atoms with Gasteiger partial charge in [-0.2, -0.15) is 0 Å². The first-order valence-corrected chi connectivity index (χ1v) is 7.64. The van der Waals surface area contributed by atoms with E-state index in [1.807, 2.05) is 13.8 Å². The van der Waals surface area contributed by atoms with Crippen LogP contribution in [-0.4, -0.2) is 28.1 Å². The average molecular weight is 328 g/mol. The van der Waals surface area contributed by atoms with E-state index in [9.17, 15) is 9.59 Å². The smallest absolute Gasteiger partial charge is 0.310 e. The molecule has 126 valence electrons. The maximum absolute atomic E-state index is 12.3. The van der Waals surface area contributed by atoms with Gasteiger partial charge in [-0.15, -0.1) is 0 Å². The highest BCUT2D eigenvalue weighted by Gasteiger charge is 2.14. The Hall–Kier alpha value is -2.89. The van der Waals surface area contributed by atoms with E-state index in [4.69, 9.17) is 9.84 Å². The van der Waals surface area contributed by atoms with Crippen LogP contribution in [0.5, 0.6) is 5.88 Å². The molecule has 0 aliphatic heterocycles. The lowest BCUT2D eigenvalue weighted by Crippen LogP contribution is -2.15. The number of carboxylic acid groups (broad SMARTS) is 1. The second kappa shape index (κ2) is 7.59. The molecule has 1 aromatic heterocycles. The molecule has 6 nitrogen and oxygen atoms in total. The molecule has 1 atom stereocenters. The number of rotatable bonds is 6. The van der Waals surface area contributed by atoms with Crippen molar-refractivity contribution in [3.63, 3.8) is 0 Å². The summed E-state index contributed by atoms with van der Waals surface area (Å²) in [5.41, 5.74) is 1.49. The van der Waals surface area contributed by atoms with Gasteiger partial charge in [0.25, 0.3) is 5.91 Å². The Balaban J connectivity index is 2.08. The zero-order chi connectivity index (χ0) is 17.7. The van der Waals surface area contributed by atoms with Gasteiger partial charge in [-0.25, -0.2) is 4.98 Å². The second-order valence-electron chi connectivity index (χ2n) is 5.66. The third-order valence-electron chi connectivity index (χ3n) is 3.35. The molecule has 2 N–H and O–H groups in total. The van der Waals surface area contributed by atoms with Crippen molar-refractivity contribution >= 4 is 17.6 Å². The third kappa shape index (κ3) is 4.55. The van der Waals surface area contributed by atoms with Gasteiger partial charge in [-0.05, 0) is 44.5 Å². The fraction of sp³-hybridized carbons (Fsp3) is 0.278. The van der Waals surface area contributed by atoms with Crippen LogP contribution < -0.4 is 10.1 Å². The Labute approximate surface area is 140 Å². The van der Waals surface area contributed by atoms with Gasteiger partial charge in [0.2, 0.25) is 5.88 Å². The number of aromatic nitrogens is 1. The molecular formula is C18H20N2O4. The van der Waals surface area contributed by atoms with Crippen LogP contribution in [-0.2, 0) is 4.79 Å². The van der Waals surface area contributed by atoms with Gasteiger partial charge in [0.1, 0.15) is 5.69 Å². The lowest BCUT2D eigenvalue weighted by molar-refractivity contribution is -0.138. The van der Waals surface area contributed by atoms with Crippen LogP contribution in [0.25, 0.3) is 0 Å². The predicted molar refractivity (Wildman–Crippen MR) is 90.4 cm³/mol. The van der Waals surface area contributed by atoms with Crippen molar-refractivity contribution in [2.75, 3.05) is 5.32 Å². The molecule has 1 unspecified atom stereocenters. The minimum atomic E-state index is -0.891. The first kappa shape index (κ1) is 17.5. The number of carbonyl (C=O) groups excluding carboxylic acids is 1. The minimum absolute atomic E-state index is 0.0282. The van der Waals surface area contributed by atoms with Crippen LogP contribution in [0.1, 0.15) is 42.7 Å². The number of hydrogen-bond donors (Lipinski definition) is 2. The number of anilines is 1. The van der Waals surface area contributed by atoms with Crippen LogP contribution in [0.4, 0.5) is 5.69 Å². The van der Waals surface area contributed by atoms with E-state index in [1.165, 1.54) is 0 Å². The number of amides is 1. The number of carboxylic acids is 1. The van der Waals surface area contributed by atoms with E-state index in [1.54, 1.807) is 49.4 Å². The van der Waals surface area contributed by atoms with Crippen LogP contribution in [0.3, 0.4) is 0 Å². The van der Waals surface area contributed by atoms with Crippen molar-refractivity contribution in [3.05, 3.63) is 53.7 Å². The number of aliphatic carboxylic acids is 1. The van der Waals surface area contributed by atoms with E-state index in [0.717, 1.165) is 0 Å². The number of carbonyl (C=O) groups is 2. The predicted octanol–water partition coefficient (Wildman–Crippen LogP) is 3.31. The molecule has 0 bridgehead atoms. The lowest BCUT2D eigenvalue weighted by Gasteiger charge is -2.11. The number of nitrogens with one attached hydrogen (secondary N) is 1. The van der Waals surface area contributed by atoms with E-state index in [-0.39, 0.29) is 17.7 Å². The molecule has 1 aromatic carbocycles. The summed E-state index contributed by atoms with van der Waals surface area (Å²) in [5.74, 6) is -1.45. The van der Waals surface area contributed by atoms with Crippen LogP contribution in [0.2, 0.25) is 0 Å². The van der Waals surface area contributed by atoms with Gasteiger partial charge >= 0.3 is 5.97 Å². The minimum Gasteiger partial charge on any atom is -0.481 e. The molecule has 0 radical (unpaired) electrons. The zero-order valence-corrected chi connectivity index (χ0v) is 13.8. The number of benzene rings is 1. The summed E-state index contributed by atoms with van der Waals surface area (Å²) in [6, 6.07) is 11.7. The molecule has 0 saturated heterocycles. The van der Waals surface area contributed by atoms with Crippen LogP contribution in [0, 0.1) is 0 Å². The number of nitrogens with zero attached hydrogens (tertiary/aromatic N) is 1. The van der Waals surface area contributed by atoms with E-state index in [0.29, 0.717) is 17.1 Å². The highest BCUT2D eigenvalue weighted by Crippen LogP contribution is 2.19. The second-order valence-corrected chi connectivity index (χ2v) is 5.66.